The maximum atomic E-state index is 13.5. The quantitative estimate of drug-likeness (QED) is 0.514. The molecule has 0 radical (unpaired) electrons. The Labute approximate surface area is 221 Å². The molecule has 2 fully saturated rings. The summed E-state index contributed by atoms with van der Waals surface area (Å²) in [5, 5.41) is 2.82. The van der Waals surface area contributed by atoms with Crippen molar-refractivity contribution in [2.75, 3.05) is 19.6 Å². The van der Waals surface area contributed by atoms with E-state index in [0.717, 1.165) is 62.5 Å². The lowest BCUT2D eigenvalue weighted by Gasteiger charge is -2.33. The van der Waals surface area contributed by atoms with Gasteiger partial charge in [0.15, 0.2) is 0 Å². The molecule has 4 rings (SSSR count). The minimum Gasteiger partial charge on any atom is -0.351 e. The second-order valence-corrected chi connectivity index (χ2v) is 13.9. The first-order valence-corrected chi connectivity index (χ1v) is 16.0. The average molecular weight is 548 g/mol. The largest absolute Gasteiger partial charge is 0.351 e. The summed E-state index contributed by atoms with van der Waals surface area (Å²) in [4.78, 5) is 13.4. The summed E-state index contributed by atoms with van der Waals surface area (Å²) >= 11 is 0. The smallest absolute Gasteiger partial charge is 0.243 e. The molecule has 37 heavy (non-hydrogen) atoms. The van der Waals surface area contributed by atoms with Gasteiger partial charge < -0.3 is 5.32 Å². The van der Waals surface area contributed by atoms with Crippen LogP contribution in [0.4, 0.5) is 0 Å². The summed E-state index contributed by atoms with van der Waals surface area (Å²) < 4.78 is 55.6. The van der Waals surface area contributed by atoms with Crippen LogP contribution in [0.3, 0.4) is 0 Å². The Balaban J connectivity index is 1.42. The first-order chi connectivity index (χ1) is 17.7. The van der Waals surface area contributed by atoms with Gasteiger partial charge in [0.1, 0.15) is 0 Å². The highest BCUT2D eigenvalue weighted by Crippen LogP contribution is 2.28. The van der Waals surface area contributed by atoms with Crippen LogP contribution in [-0.2, 0) is 31.4 Å². The molecule has 1 aliphatic heterocycles. The summed E-state index contributed by atoms with van der Waals surface area (Å²) in [7, 11) is -7.34. The molecule has 1 amide bonds. The van der Waals surface area contributed by atoms with Gasteiger partial charge in [-0.1, -0.05) is 55.5 Å². The lowest BCUT2D eigenvalue weighted by molar-refractivity contribution is -0.121. The molecule has 2 aliphatic rings. The van der Waals surface area contributed by atoms with E-state index in [4.69, 9.17) is 0 Å². The highest BCUT2D eigenvalue weighted by molar-refractivity contribution is 7.89. The Kier molecular flexibility index (Phi) is 9.05. The predicted octanol–water partition coefficient (Wildman–Crippen LogP) is 3.81. The van der Waals surface area contributed by atoms with Crippen molar-refractivity contribution in [3.63, 3.8) is 0 Å². The van der Waals surface area contributed by atoms with E-state index < -0.39 is 20.0 Å². The Morgan fingerprint density at radius 3 is 2.03 bits per heavy atom. The maximum Gasteiger partial charge on any atom is 0.243 e. The van der Waals surface area contributed by atoms with E-state index in [9.17, 15) is 21.6 Å². The van der Waals surface area contributed by atoms with Crippen LogP contribution in [0.2, 0.25) is 0 Å². The van der Waals surface area contributed by atoms with E-state index >= 15 is 0 Å². The summed E-state index contributed by atoms with van der Waals surface area (Å²) in [6.07, 6.45) is 7.25. The van der Waals surface area contributed by atoms with Gasteiger partial charge >= 0.3 is 0 Å². The lowest BCUT2D eigenvalue weighted by atomic mass is 9.95. The number of rotatable bonds is 9. The van der Waals surface area contributed by atoms with E-state index in [1.165, 1.54) is 8.61 Å². The van der Waals surface area contributed by atoms with Crippen LogP contribution < -0.4 is 5.32 Å². The van der Waals surface area contributed by atoms with Gasteiger partial charge in [-0.05, 0) is 62.4 Å². The molecule has 10 heteroatoms. The monoisotopic (exact) mass is 547 g/mol. The number of carbonyl (C=O) groups is 1. The molecule has 0 atom stereocenters. The predicted molar refractivity (Wildman–Crippen MR) is 143 cm³/mol. The van der Waals surface area contributed by atoms with E-state index in [-0.39, 0.29) is 34.8 Å². The van der Waals surface area contributed by atoms with Gasteiger partial charge in [-0.25, -0.2) is 16.8 Å². The number of nitrogens with one attached hydrogen (secondary N) is 1. The zero-order valence-electron chi connectivity index (χ0n) is 21.4. The second-order valence-electron chi connectivity index (χ2n) is 10.0. The Hall–Kier alpha value is -2.27. The van der Waals surface area contributed by atoms with Crippen LogP contribution in [0.15, 0.2) is 58.3 Å². The second kappa shape index (κ2) is 12.1. The molecule has 1 saturated carbocycles. The van der Waals surface area contributed by atoms with Crippen LogP contribution in [0.25, 0.3) is 0 Å². The lowest BCUT2D eigenvalue weighted by Crippen LogP contribution is -2.46. The van der Waals surface area contributed by atoms with Crippen molar-refractivity contribution in [1.82, 2.24) is 13.9 Å². The van der Waals surface area contributed by atoms with Crippen molar-refractivity contribution in [2.45, 2.75) is 80.7 Å². The number of sulfonamides is 2. The van der Waals surface area contributed by atoms with E-state index in [2.05, 4.69) is 5.32 Å². The number of carbonyl (C=O) groups excluding carboxylic acids is 1. The van der Waals surface area contributed by atoms with Crippen molar-refractivity contribution in [3.05, 3.63) is 59.7 Å². The number of aryl methyl sites for hydroxylation is 1. The van der Waals surface area contributed by atoms with Crippen LogP contribution in [0.5, 0.6) is 0 Å². The fraction of sp³-hybridized carbons (Fsp3) is 0.519. The molecule has 1 heterocycles. The third-order valence-electron chi connectivity index (χ3n) is 7.27. The third-order valence-corrected chi connectivity index (χ3v) is 11.1. The normalized spacial score (nSPS) is 18.1. The average Bonchev–Trinajstić information content (AvgIpc) is 2.92. The van der Waals surface area contributed by atoms with Crippen LogP contribution >= 0.6 is 0 Å². The molecular formula is C27H37N3O5S2. The van der Waals surface area contributed by atoms with Gasteiger partial charge in [0, 0.05) is 25.7 Å². The van der Waals surface area contributed by atoms with Gasteiger partial charge in [0.2, 0.25) is 26.0 Å². The van der Waals surface area contributed by atoms with Crippen LogP contribution in [-0.4, -0.2) is 57.0 Å². The molecule has 2 aromatic carbocycles. The minimum atomic E-state index is -3.83. The van der Waals surface area contributed by atoms with Crippen molar-refractivity contribution < 1.29 is 21.6 Å². The standard InChI is InChI=1S/C27H37N3O5S2/c1-22-10-14-26(15-11-22)37(34,35)30(24-8-4-2-5-9-24)21-27(31)28-20-23-12-16-25(17-13-23)36(32,33)29-18-6-3-7-19-29/h10-17,24H,2-9,18-21H2,1H3,(H,28,31). The van der Waals surface area contributed by atoms with Crippen LogP contribution in [0, 0.1) is 6.92 Å². The first-order valence-electron chi connectivity index (χ1n) is 13.1. The summed E-state index contributed by atoms with van der Waals surface area (Å²) in [5.74, 6) is -0.383. The van der Waals surface area contributed by atoms with Gasteiger partial charge in [-0.15, -0.1) is 0 Å². The Bertz CT molecular complexity index is 1260. The molecule has 0 bridgehead atoms. The number of benzene rings is 2. The molecular weight excluding hydrogens is 510 g/mol. The number of hydrogen-bond donors (Lipinski definition) is 1. The van der Waals surface area contributed by atoms with E-state index in [0.29, 0.717) is 13.1 Å². The van der Waals surface area contributed by atoms with Gasteiger partial charge in [0.05, 0.1) is 16.3 Å². The minimum absolute atomic E-state index is 0.186. The van der Waals surface area contributed by atoms with Gasteiger partial charge in [-0.3, -0.25) is 4.79 Å². The highest BCUT2D eigenvalue weighted by atomic mass is 32.2. The molecule has 0 aromatic heterocycles. The van der Waals surface area contributed by atoms with Gasteiger partial charge in [0.25, 0.3) is 0 Å². The molecule has 1 saturated heterocycles. The zero-order chi connectivity index (χ0) is 26.5. The topological polar surface area (TPSA) is 104 Å². The highest BCUT2D eigenvalue weighted by Gasteiger charge is 2.34. The summed E-state index contributed by atoms with van der Waals surface area (Å²) in [6, 6.07) is 13.0. The number of hydrogen-bond acceptors (Lipinski definition) is 5. The van der Waals surface area contributed by atoms with Crippen LogP contribution in [0.1, 0.15) is 62.5 Å². The zero-order valence-corrected chi connectivity index (χ0v) is 23.1. The van der Waals surface area contributed by atoms with Crippen molar-refractivity contribution in [2.24, 2.45) is 0 Å². The molecule has 0 spiro atoms. The summed E-state index contributed by atoms with van der Waals surface area (Å²) in [6.45, 7) is 2.93. The number of piperidine rings is 1. The van der Waals surface area contributed by atoms with E-state index in [1.54, 1.807) is 48.5 Å². The van der Waals surface area contributed by atoms with Crippen molar-refractivity contribution in [1.29, 1.82) is 0 Å². The molecule has 0 unspecified atom stereocenters. The fourth-order valence-corrected chi connectivity index (χ4v) is 8.22. The summed E-state index contributed by atoms with van der Waals surface area (Å²) in [5.41, 5.74) is 1.72. The molecule has 2 aromatic rings. The SMILES string of the molecule is Cc1ccc(S(=O)(=O)N(CC(=O)NCc2ccc(S(=O)(=O)N3CCCCC3)cc2)C2CCCCC2)cc1. The van der Waals surface area contributed by atoms with Crippen molar-refractivity contribution in [3.8, 4) is 0 Å². The Morgan fingerprint density at radius 2 is 1.41 bits per heavy atom. The van der Waals surface area contributed by atoms with Gasteiger partial charge in [-0.2, -0.15) is 8.61 Å². The Morgan fingerprint density at radius 1 is 0.838 bits per heavy atom. The number of amides is 1. The van der Waals surface area contributed by atoms with Crippen molar-refractivity contribution >= 4 is 26.0 Å². The molecule has 1 N–H and O–H groups in total. The molecule has 1 aliphatic carbocycles. The maximum absolute atomic E-state index is 13.5. The third kappa shape index (κ3) is 6.79. The molecule has 8 nitrogen and oxygen atoms in total. The molecule has 202 valence electrons. The fourth-order valence-electron chi connectivity index (χ4n) is 5.06. The first kappa shape index (κ1) is 27.8. The number of nitrogens with zero attached hydrogens (tertiary/aromatic N) is 2. The van der Waals surface area contributed by atoms with E-state index in [1.807, 2.05) is 6.92 Å².